The molecule has 0 aromatic carbocycles. The summed E-state index contributed by atoms with van der Waals surface area (Å²) >= 11 is 1.19. The van der Waals surface area contributed by atoms with E-state index < -0.39 is 0 Å². The Labute approximate surface area is 67.8 Å². The molecule has 0 saturated heterocycles. The van der Waals surface area contributed by atoms with Crippen LogP contribution in [0.4, 0.5) is 0 Å². The predicted molar refractivity (Wildman–Crippen MR) is 40.4 cm³/mol. The van der Waals surface area contributed by atoms with Crippen LogP contribution in [0.25, 0.3) is 0 Å². The lowest BCUT2D eigenvalue weighted by Crippen LogP contribution is -2.25. The highest BCUT2D eigenvalue weighted by atomic mass is 32.1. The highest BCUT2D eigenvalue weighted by Crippen LogP contribution is 2.18. The van der Waals surface area contributed by atoms with E-state index in [-0.39, 0.29) is 5.91 Å². The molecule has 1 saturated carbocycles. The molecule has 0 radical (unpaired) electrons. The van der Waals surface area contributed by atoms with E-state index in [2.05, 4.69) is 14.9 Å². The maximum Gasteiger partial charge on any atom is 0.272 e. The van der Waals surface area contributed by atoms with Gasteiger partial charge in [0.25, 0.3) is 5.91 Å². The third-order valence-corrected chi connectivity index (χ3v) is 2.01. The van der Waals surface area contributed by atoms with Crippen molar-refractivity contribution in [2.24, 2.45) is 0 Å². The summed E-state index contributed by atoms with van der Waals surface area (Å²) in [6, 6.07) is 0.393. The summed E-state index contributed by atoms with van der Waals surface area (Å²) in [7, 11) is 0. The van der Waals surface area contributed by atoms with E-state index in [9.17, 15) is 4.79 Å². The minimum absolute atomic E-state index is 0.0961. The first-order valence-electron chi connectivity index (χ1n) is 3.44. The summed E-state index contributed by atoms with van der Waals surface area (Å²) in [5.41, 5.74) is 0.432. The standard InChI is InChI=1S/C6H7N3OS/c10-6(7-4-1-2-4)5-3-11-9-8-5/h3-4H,1-2H2,(H,7,10). The van der Waals surface area contributed by atoms with Gasteiger partial charge in [0.1, 0.15) is 0 Å². The second kappa shape index (κ2) is 2.58. The normalized spacial score (nSPS) is 16.4. The molecule has 1 fully saturated rings. The van der Waals surface area contributed by atoms with Crippen molar-refractivity contribution in [3.05, 3.63) is 11.1 Å². The Morgan fingerprint density at radius 3 is 3.09 bits per heavy atom. The summed E-state index contributed by atoms with van der Waals surface area (Å²) in [6.45, 7) is 0. The van der Waals surface area contributed by atoms with Crippen LogP contribution in [0.2, 0.25) is 0 Å². The fraction of sp³-hybridized carbons (Fsp3) is 0.500. The number of aromatic nitrogens is 2. The Balaban J connectivity index is 1.99. The fourth-order valence-electron chi connectivity index (χ4n) is 0.751. The van der Waals surface area contributed by atoms with Crippen LogP contribution in [0, 0.1) is 0 Å². The van der Waals surface area contributed by atoms with E-state index in [0.29, 0.717) is 11.7 Å². The quantitative estimate of drug-likeness (QED) is 0.698. The van der Waals surface area contributed by atoms with Crippen LogP contribution < -0.4 is 5.32 Å². The Kier molecular flexibility index (Phi) is 1.58. The van der Waals surface area contributed by atoms with Gasteiger partial charge in [-0.15, -0.1) is 5.10 Å². The average Bonchev–Trinajstić information content (AvgIpc) is 2.67. The first-order valence-corrected chi connectivity index (χ1v) is 4.28. The lowest BCUT2D eigenvalue weighted by Gasteiger charge is -1.96. The van der Waals surface area contributed by atoms with Gasteiger partial charge in [0.05, 0.1) is 0 Å². The zero-order valence-electron chi connectivity index (χ0n) is 5.78. The van der Waals surface area contributed by atoms with Crippen molar-refractivity contribution in [2.45, 2.75) is 18.9 Å². The highest BCUT2D eigenvalue weighted by molar-refractivity contribution is 7.03. The molecule has 1 aliphatic rings. The summed E-state index contributed by atoms with van der Waals surface area (Å²) in [5.74, 6) is -0.0961. The van der Waals surface area contributed by atoms with Gasteiger partial charge in [-0.2, -0.15) is 0 Å². The van der Waals surface area contributed by atoms with Gasteiger partial charge in [-0.05, 0) is 24.4 Å². The Morgan fingerprint density at radius 1 is 1.73 bits per heavy atom. The number of rotatable bonds is 2. The number of hydrogen-bond acceptors (Lipinski definition) is 4. The molecule has 0 aliphatic heterocycles. The third-order valence-electron chi connectivity index (χ3n) is 1.51. The first kappa shape index (κ1) is 6.72. The molecule has 1 aromatic heterocycles. The molecule has 0 unspecified atom stereocenters. The van der Waals surface area contributed by atoms with Crippen molar-refractivity contribution in [1.82, 2.24) is 14.9 Å². The minimum atomic E-state index is -0.0961. The Morgan fingerprint density at radius 2 is 2.55 bits per heavy atom. The van der Waals surface area contributed by atoms with E-state index in [0.717, 1.165) is 12.8 Å². The van der Waals surface area contributed by atoms with E-state index in [1.165, 1.54) is 11.5 Å². The van der Waals surface area contributed by atoms with Crippen molar-refractivity contribution in [3.63, 3.8) is 0 Å². The molecule has 0 spiro atoms. The van der Waals surface area contributed by atoms with Crippen LogP contribution in [0.1, 0.15) is 23.3 Å². The molecule has 2 rings (SSSR count). The van der Waals surface area contributed by atoms with Crippen LogP contribution >= 0.6 is 11.5 Å². The number of nitrogens with zero attached hydrogens (tertiary/aromatic N) is 2. The molecule has 0 bridgehead atoms. The molecule has 58 valence electrons. The van der Waals surface area contributed by atoms with Gasteiger partial charge in [0.15, 0.2) is 5.69 Å². The topological polar surface area (TPSA) is 54.9 Å². The highest BCUT2D eigenvalue weighted by Gasteiger charge is 2.24. The van der Waals surface area contributed by atoms with E-state index in [1.54, 1.807) is 5.38 Å². The molecule has 1 heterocycles. The zero-order valence-corrected chi connectivity index (χ0v) is 6.60. The van der Waals surface area contributed by atoms with Gasteiger partial charge >= 0.3 is 0 Å². The Bertz CT molecular complexity index is 255. The van der Waals surface area contributed by atoms with E-state index >= 15 is 0 Å². The van der Waals surface area contributed by atoms with Crippen LogP contribution in [-0.4, -0.2) is 21.5 Å². The summed E-state index contributed by atoms with van der Waals surface area (Å²) in [6.07, 6.45) is 2.20. The van der Waals surface area contributed by atoms with Gasteiger partial charge in [0, 0.05) is 11.4 Å². The largest absolute Gasteiger partial charge is 0.348 e. The zero-order chi connectivity index (χ0) is 7.68. The van der Waals surface area contributed by atoms with Crippen molar-refractivity contribution in [3.8, 4) is 0 Å². The lowest BCUT2D eigenvalue weighted by molar-refractivity contribution is 0.0946. The first-order chi connectivity index (χ1) is 5.36. The van der Waals surface area contributed by atoms with Crippen LogP contribution in [0.3, 0.4) is 0 Å². The lowest BCUT2D eigenvalue weighted by atomic mass is 10.4. The van der Waals surface area contributed by atoms with E-state index in [4.69, 9.17) is 0 Å². The van der Waals surface area contributed by atoms with Crippen molar-refractivity contribution in [2.75, 3.05) is 0 Å². The van der Waals surface area contributed by atoms with Gasteiger partial charge in [-0.3, -0.25) is 4.79 Å². The van der Waals surface area contributed by atoms with Crippen LogP contribution in [0.5, 0.6) is 0 Å². The molecule has 1 aromatic rings. The molecular weight excluding hydrogens is 162 g/mol. The summed E-state index contributed by atoms with van der Waals surface area (Å²) in [4.78, 5) is 11.1. The van der Waals surface area contributed by atoms with Gasteiger partial charge in [-0.25, -0.2) is 0 Å². The van der Waals surface area contributed by atoms with Crippen molar-refractivity contribution < 1.29 is 4.79 Å². The molecule has 1 aliphatic carbocycles. The second-order valence-corrected chi connectivity index (χ2v) is 3.15. The number of amides is 1. The second-order valence-electron chi connectivity index (χ2n) is 2.54. The number of carbonyl (C=O) groups is 1. The third kappa shape index (κ3) is 1.54. The number of nitrogens with one attached hydrogen (secondary N) is 1. The van der Waals surface area contributed by atoms with E-state index in [1.807, 2.05) is 0 Å². The monoisotopic (exact) mass is 169 g/mol. The molecule has 4 nitrogen and oxygen atoms in total. The summed E-state index contributed by atoms with van der Waals surface area (Å²) < 4.78 is 3.60. The average molecular weight is 169 g/mol. The van der Waals surface area contributed by atoms with Gasteiger partial charge < -0.3 is 5.32 Å². The van der Waals surface area contributed by atoms with Crippen molar-refractivity contribution in [1.29, 1.82) is 0 Å². The molecule has 0 atom stereocenters. The van der Waals surface area contributed by atoms with Crippen LogP contribution in [-0.2, 0) is 0 Å². The molecule has 1 amide bonds. The van der Waals surface area contributed by atoms with Crippen LogP contribution in [0.15, 0.2) is 5.38 Å². The maximum atomic E-state index is 11.1. The number of hydrogen-bond donors (Lipinski definition) is 1. The van der Waals surface area contributed by atoms with Gasteiger partial charge in [-0.1, -0.05) is 4.49 Å². The fourth-order valence-corrected chi connectivity index (χ4v) is 1.19. The SMILES string of the molecule is O=C(NC1CC1)c1csnn1. The maximum absolute atomic E-state index is 11.1. The van der Waals surface area contributed by atoms with Gasteiger partial charge in [0.2, 0.25) is 0 Å². The van der Waals surface area contributed by atoms with Crippen molar-refractivity contribution >= 4 is 17.4 Å². The Hall–Kier alpha value is -0.970. The minimum Gasteiger partial charge on any atom is -0.348 e. The molecule has 5 heteroatoms. The molecule has 11 heavy (non-hydrogen) atoms. The molecule has 1 N–H and O–H groups in total. The predicted octanol–water partition coefficient (Wildman–Crippen LogP) is 0.430. The number of carbonyl (C=O) groups excluding carboxylic acids is 1. The summed E-state index contributed by atoms with van der Waals surface area (Å²) in [5, 5.41) is 8.13. The smallest absolute Gasteiger partial charge is 0.272 e. The molecular formula is C6H7N3OS.